The Balaban J connectivity index is 1.68. The minimum atomic E-state index is -1.47. The third-order valence-electron chi connectivity index (χ3n) is 4.45. The van der Waals surface area contributed by atoms with E-state index < -0.39 is 47.3 Å². The number of nitrogens with zero attached hydrogens (tertiary/aromatic N) is 3. The van der Waals surface area contributed by atoms with Gasteiger partial charge in [-0.1, -0.05) is 5.16 Å². The SMILES string of the molecule is CON=C(C(=O)NC1C(=O)N2CC(COC(N)=O)(C(=O)O)CS[C@H]12)c1cscn1. The van der Waals surface area contributed by atoms with E-state index in [1.165, 1.54) is 40.6 Å². The molecule has 156 valence electrons. The van der Waals surface area contributed by atoms with E-state index in [1.807, 2.05) is 0 Å². The number of oxime groups is 1. The van der Waals surface area contributed by atoms with Crippen molar-refractivity contribution in [3.63, 3.8) is 0 Å². The first kappa shape index (κ1) is 20.9. The van der Waals surface area contributed by atoms with Gasteiger partial charge < -0.3 is 30.6 Å². The van der Waals surface area contributed by atoms with Gasteiger partial charge in [-0.3, -0.25) is 14.4 Å². The number of hydrogen-bond donors (Lipinski definition) is 3. The van der Waals surface area contributed by atoms with Crippen LogP contribution < -0.4 is 11.1 Å². The van der Waals surface area contributed by atoms with Gasteiger partial charge in [0.1, 0.15) is 36.2 Å². The number of thiazole rings is 1. The second kappa shape index (κ2) is 8.24. The molecule has 12 nitrogen and oxygen atoms in total. The summed E-state index contributed by atoms with van der Waals surface area (Å²) in [6, 6.07) is -0.850. The van der Waals surface area contributed by atoms with E-state index in [0.717, 1.165) is 0 Å². The van der Waals surface area contributed by atoms with Crippen LogP contribution in [0.5, 0.6) is 0 Å². The number of ether oxygens (including phenoxy) is 1. The molecule has 1 aromatic rings. The number of aromatic nitrogens is 1. The second-order valence-corrected chi connectivity index (χ2v) is 8.13. The quantitative estimate of drug-likeness (QED) is 0.273. The summed E-state index contributed by atoms with van der Waals surface area (Å²) in [7, 11) is 1.28. The van der Waals surface area contributed by atoms with Crippen molar-refractivity contribution in [2.45, 2.75) is 11.4 Å². The highest BCUT2D eigenvalue weighted by Crippen LogP contribution is 2.42. The van der Waals surface area contributed by atoms with E-state index in [1.54, 1.807) is 5.38 Å². The predicted octanol–water partition coefficient (Wildman–Crippen LogP) is -0.940. The van der Waals surface area contributed by atoms with Crippen LogP contribution >= 0.6 is 23.1 Å². The molecule has 29 heavy (non-hydrogen) atoms. The maximum Gasteiger partial charge on any atom is 0.404 e. The van der Waals surface area contributed by atoms with E-state index in [-0.39, 0.29) is 18.0 Å². The normalized spacial score (nSPS) is 26.2. The summed E-state index contributed by atoms with van der Waals surface area (Å²) in [6.45, 7) is -0.615. The summed E-state index contributed by atoms with van der Waals surface area (Å²) in [5.41, 5.74) is 5.22. The summed E-state index contributed by atoms with van der Waals surface area (Å²) >= 11 is 2.44. The van der Waals surface area contributed by atoms with Gasteiger partial charge in [0.25, 0.3) is 5.91 Å². The summed E-state index contributed by atoms with van der Waals surface area (Å²) in [6.07, 6.45) is -1.09. The highest BCUT2D eigenvalue weighted by Gasteiger charge is 2.58. The number of nitrogens with one attached hydrogen (secondary N) is 1. The Morgan fingerprint density at radius 3 is 2.86 bits per heavy atom. The molecule has 4 N–H and O–H groups in total. The summed E-state index contributed by atoms with van der Waals surface area (Å²) in [5, 5.41) is 17.0. The number of carboxylic acid groups (broad SMARTS) is 1. The average Bonchev–Trinajstić information content (AvgIpc) is 3.22. The number of aliphatic carboxylic acids is 1. The van der Waals surface area contributed by atoms with E-state index in [9.17, 15) is 24.3 Å². The molecule has 2 aliphatic rings. The molecule has 14 heteroatoms. The zero-order valence-corrected chi connectivity index (χ0v) is 16.7. The van der Waals surface area contributed by atoms with Crippen molar-refractivity contribution >= 4 is 52.7 Å². The second-order valence-electron chi connectivity index (χ2n) is 6.31. The third-order valence-corrected chi connectivity index (χ3v) is 6.62. The zero-order valence-electron chi connectivity index (χ0n) is 15.1. The lowest BCUT2D eigenvalue weighted by Crippen LogP contribution is -2.74. The van der Waals surface area contributed by atoms with Crippen LogP contribution in [0.25, 0.3) is 0 Å². The Morgan fingerprint density at radius 1 is 1.52 bits per heavy atom. The Hall–Kier alpha value is -2.87. The smallest absolute Gasteiger partial charge is 0.404 e. The number of hydrogen-bond acceptors (Lipinski definition) is 10. The number of thioether (sulfide) groups is 1. The fourth-order valence-electron chi connectivity index (χ4n) is 2.95. The maximum atomic E-state index is 12.6. The largest absolute Gasteiger partial charge is 0.481 e. The van der Waals surface area contributed by atoms with Gasteiger partial charge in [-0.25, -0.2) is 9.78 Å². The molecule has 0 saturated carbocycles. The molecule has 2 saturated heterocycles. The van der Waals surface area contributed by atoms with E-state index in [0.29, 0.717) is 5.69 Å². The van der Waals surface area contributed by atoms with Crippen molar-refractivity contribution in [2.24, 2.45) is 16.3 Å². The molecule has 3 amide bonds. The lowest BCUT2D eigenvalue weighted by molar-refractivity contribution is -0.160. The molecule has 3 heterocycles. The lowest BCUT2D eigenvalue weighted by atomic mass is 9.88. The van der Waals surface area contributed by atoms with E-state index in [4.69, 9.17) is 5.73 Å². The lowest BCUT2D eigenvalue weighted by Gasteiger charge is -2.53. The van der Waals surface area contributed by atoms with Crippen molar-refractivity contribution < 1.29 is 33.9 Å². The molecule has 0 bridgehead atoms. The zero-order chi connectivity index (χ0) is 21.2. The maximum absolute atomic E-state index is 12.6. The third kappa shape index (κ3) is 3.98. The first-order valence-electron chi connectivity index (χ1n) is 8.17. The molecule has 2 aliphatic heterocycles. The summed E-state index contributed by atoms with van der Waals surface area (Å²) in [4.78, 5) is 57.7. The fourth-order valence-corrected chi connectivity index (χ4v) is 5.01. The van der Waals surface area contributed by atoms with Gasteiger partial charge in [0.05, 0.1) is 5.51 Å². The van der Waals surface area contributed by atoms with Gasteiger partial charge in [-0.2, -0.15) is 0 Å². The van der Waals surface area contributed by atoms with Crippen LogP contribution in [0.3, 0.4) is 0 Å². The molecule has 0 aliphatic carbocycles. The van der Waals surface area contributed by atoms with Crippen LogP contribution in [-0.2, 0) is 24.0 Å². The number of carbonyl (C=O) groups excluding carboxylic acids is 3. The van der Waals surface area contributed by atoms with Gasteiger partial charge in [0.2, 0.25) is 5.91 Å². The molecule has 2 fully saturated rings. The van der Waals surface area contributed by atoms with Crippen LogP contribution in [0.15, 0.2) is 16.0 Å². The Bertz CT molecular complexity index is 861. The Labute approximate surface area is 172 Å². The van der Waals surface area contributed by atoms with Gasteiger partial charge >= 0.3 is 12.1 Å². The van der Waals surface area contributed by atoms with Crippen LogP contribution in [-0.4, -0.2) is 82.0 Å². The molecule has 0 radical (unpaired) electrons. The first-order chi connectivity index (χ1) is 13.8. The van der Waals surface area contributed by atoms with Crippen LogP contribution in [0.2, 0.25) is 0 Å². The highest BCUT2D eigenvalue weighted by molar-refractivity contribution is 8.00. The van der Waals surface area contributed by atoms with Crippen LogP contribution in [0, 0.1) is 5.41 Å². The molecule has 3 atom stereocenters. The number of nitrogens with two attached hydrogens (primary N) is 1. The number of carbonyl (C=O) groups is 4. The first-order valence-corrected chi connectivity index (χ1v) is 10.2. The van der Waals surface area contributed by atoms with Gasteiger partial charge in [-0.05, 0) is 0 Å². The number of rotatable bonds is 7. The van der Waals surface area contributed by atoms with Crippen molar-refractivity contribution in [2.75, 3.05) is 26.0 Å². The number of fused-ring (bicyclic) bond motifs is 1. The van der Waals surface area contributed by atoms with Crippen molar-refractivity contribution in [3.8, 4) is 0 Å². The van der Waals surface area contributed by atoms with Crippen LogP contribution in [0.4, 0.5) is 4.79 Å². The molecule has 2 unspecified atom stereocenters. The minimum Gasteiger partial charge on any atom is -0.481 e. The number of amides is 3. The highest BCUT2D eigenvalue weighted by atomic mass is 32.2. The number of primary amides is 1. The minimum absolute atomic E-state index is 0.0710. The van der Waals surface area contributed by atoms with Gasteiger partial charge in [0, 0.05) is 17.7 Å². The van der Waals surface area contributed by atoms with Crippen molar-refractivity contribution in [1.29, 1.82) is 0 Å². The molecular weight excluding hydrogens is 426 g/mol. The summed E-state index contributed by atoms with van der Waals surface area (Å²) < 4.78 is 4.68. The molecule has 1 aromatic heterocycles. The Morgan fingerprint density at radius 2 is 2.28 bits per heavy atom. The van der Waals surface area contributed by atoms with Crippen molar-refractivity contribution in [1.82, 2.24) is 15.2 Å². The molecular formula is C15H17N5O7S2. The monoisotopic (exact) mass is 443 g/mol. The standard InChI is InChI=1S/C15H17N5O7S2/c1-26-19-8(7-2-28-6-17-7)10(21)18-9-11(22)20-3-15(13(23)24,4-27-14(16)25)5-29-12(9)20/h2,6,9,12H,3-5H2,1H3,(H2,16,25)(H,18,21)(H,23,24)/t9?,12-,15?/m1/s1. The number of β-lactam (4-membered cyclic amide) rings is 1. The molecule has 0 spiro atoms. The fraction of sp³-hybridized carbons (Fsp3) is 0.467. The summed E-state index contributed by atoms with van der Waals surface area (Å²) in [5.74, 6) is -2.22. The topological polar surface area (TPSA) is 174 Å². The van der Waals surface area contributed by atoms with E-state index in [2.05, 4.69) is 25.0 Å². The van der Waals surface area contributed by atoms with E-state index >= 15 is 0 Å². The Kier molecular flexibility index (Phi) is 5.93. The van der Waals surface area contributed by atoms with Crippen molar-refractivity contribution in [3.05, 3.63) is 16.6 Å². The average molecular weight is 443 g/mol. The molecule has 3 rings (SSSR count). The van der Waals surface area contributed by atoms with Crippen LogP contribution in [0.1, 0.15) is 5.69 Å². The predicted molar refractivity (Wildman–Crippen MR) is 101 cm³/mol. The molecule has 0 aromatic carbocycles. The number of carboxylic acids is 1. The van der Waals surface area contributed by atoms with Gasteiger partial charge in [0.15, 0.2) is 5.71 Å². The van der Waals surface area contributed by atoms with Gasteiger partial charge in [-0.15, -0.1) is 23.1 Å².